The summed E-state index contributed by atoms with van der Waals surface area (Å²) < 4.78 is 0. The van der Waals surface area contributed by atoms with Crippen LogP contribution in [-0.2, 0) is 6.42 Å². The van der Waals surface area contributed by atoms with Crippen molar-refractivity contribution in [3.05, 3.63) is 59.2 Å². The van der Waals surface area contributed by atoms with Crippen molar-refractivity contribution in [2.45, 2.75) is 48.0 Å². The number of allylic oxidation sites excluding steroid dienone is 5. The third-order valence-corrected chi connectivity index (χ3v) is 2.76. The molecular formula is C19H29N. The first kappa shape index (κ1) is 18.2. The molecular weight excluding hydrogens is 242 g/mol. The van der Waals surface area contributed by atoms with E-state index in [0.29, 0.717) is 0 Å². The molecule has 0 spiro atoms. The van der Waals surface area contributed by atoms with Crippen LogP contribution in [0.25, 0.3) is 5.57 Å². The maximum atomic E-state index is 5.83. The van der Waals surface area contributed by atoms with Crippen LogP contribution in [0.4, 0.5) is 5.69 Å². The van der Waals surface area contributed by atoms with E-state index in [1.54, 1.807) is 0 Å². The predicted octanol–water partition coefficient (Wildman–Crippen LogP) is 5.78. The number of nitrogen functional groups attached to an aromatic ring is 1. The zero-order valence-electron chi connectivity index (χ0n) is 13.9. The molecule has 1 nitrogen and oxygen atoms in total. The Bertz CT molecular complexity index is 500. The van der Waals surface area contributed by atoms with Gasteiger partial charge in [0, 0.05) is 5.69 Å². The van der Waals surface area contributed by atoms with Crippen molar-refractivity contribution in [1.82, 2.24) is 0 Å². The Morgan fingerprint density at radius 3 is 2.20 bits per heavy atom. The van der Waals surface area contributed by atoms with Gasteiger partial charge in [-0.25, -0.2) is 0 Å². The molecule has 110 valence electrons. The molecule has 0 amide bonds. The minimum atomic E-state index is 0.794. The summed E-state index contributed by atoms with van der Waals surface area (Å²) in [7, 11) is 0. The molecule has 0 fully saturated rings. The van der Waals surface area contributed by atoms with E-state index < -0.39 is 0 Å². The lowest BCUT2D eigenvalue weighted by atomic mass is 9.96. The fourth-order valence-electron chi connectivity index (χ4n) is 1.81. The van der Waals surface area contributed by atoms with Crippen molar-refractivity contribution in [1.29, 1.82) is 0 Å². The third kappa shape index (κ3) is 6.42. The molecule has 0 bridgehead atoms. The zero-order chi connectivity index (χ0) is 15.7. The summed E-state index contributed by atoms with van der Waals surface area (Å²) in [6.45, 7) is 16.4. The van der Waals surface area contributed by atoms with Crippen molar-refractivity contribution in [2.24, 2.45) is 0 Å². The van der Waals surface area contributed by atoms with Crippen LogP contribution in [0.15, 0.2) is 48.1 Å². The first-order valence-electron chi connectivity index (χ1n) is 7.25. The van der Waals surface area contributed by atoms with Crippen LogP contribution in [0, 0.1) is 0 Å². The van der Waals surface area contributed by atoms with Gasteiger partial charge in [-0.1, -0.05) is 55.4 Å². The van der Waals surface area contributed by atoms with Crippen LogP contribution in [0.1, 0.15) is 52.7 Å². The number of hydrogen-bond donors (Lipinski definition) is 1. The first-order valence-corrected chi connectivity index (χ1v) is 7.25. The van der Waals surface area contributed by atoms with E-state index >= 15 is 0 Å². The van der Waals surface area contributed by atoms with Crippen LogP contribution in [0.2, 0.25) is 0 Å². The van der Waals surface area contributed by atoms with Gasteiger partial charge in [0.1, 0.15) is 0 Å². The minimum absolute atomic E-state index is 0.794. The van der Waals surface area contributed by atoms with E-state index in [1.165, 1.54) is 22.3 Å². The third-order valence-electron chi connectivity index (χ3n) is 2.76. The van der Waals surface area contributed by atoms with E-state index in [4.69, 9.17) is 5.73 Å². The standard InChI is InChI=1S/C17H23N.C2H6/c1-12(2)6-7-14(5)10-15-8-9-16(18)11-17(15)13(3)4;1-2/h6-9,11H,3,10,18H2,1-2,4-5H3;1-2H3/b14-7-;. The van der Waals surface area contributed by atoms with Crippen molar-refractivity contribution >= 4 is 11.3 Å². The van der Waals surface area contributed by atoms with Gasteiger partial charge in [0.25, 0.3) is 0 Å². The van der Waals surface area contributed by atoms with Crippen LogP contribution in [-0.4, -0.2) is 0 Å². The molecule has 0 atom stereocenters. The zero-order valence-corrected chi connectivity index (χ0v) is 13.9. The second-order valence-electron chi connectivity index (χ2n) is 5.13. The van der Waals surface area contributed by atoms with Gasteiger partial charge in [-0.3, -0.25) is 0 Å². The summed E-state index contributed by atoms with van der Waals surface area (Å²) >= 11 is 0. The lowest BCUT2D eigenvalue weighted by Gasteiger charge is -2.10. The van der Waals surface area contributed by atoms with Crippen molar-refractivity contribution in [3.63, 3.8) is 0 Å². The molecule has 2 N–H and O–H groups in total. The highest BCUT2D eigenvalue weighted by Gasteiger charge is 2.04. The molecule has 1 heteroatoms. The summed E-state index contributed by atoms with van der Waals surface area (Å²) in [6, 6.07) is 6.06. The molecule has 0 aliphatic rings. The normalized spacial score (nSPS) is 10.4. The Hall–Kier alpha value is -1.76. The molecule has 0 aliphatic carbocycles. The summed E-state index contributed by atoms with van der Waals surface area (Å²) in [5.74, 6) is 0. The quantitative estimate of drug-likeness (QED) is 0.545. The molecule has 0 aliphatic heterocycles. The fourth-order valence-corrected chi connectivity index (χ4v) is 1.81. The van der Waals surface area contributed by atoms with E-state index in [-0.39, 0.29) is 0 Å². The number of benzene rings is 1. The van der Waals surface area contributed by atoms with Gasteiger partial charge in [-0.15, -0.1) is 0 Å². The van der Waals surface area contributed by atoms with E-state index in [2.05, 4.69) is 45.6 Å². The highest BCUT2D eigenvalue weighted by Crippen LogP contribution is 2.23. The molecule has 0 aromatic heterocycles. The molecule has 0 unspecified atom stereocenters. The Morgan fingerprint density at radius 2 is 1.70 bits per heavy atom. The number of anilines is 1. The monoisotopic (exact) mass is 271 g/mol. The highest BCUT2D eigenvalue weighted by atomic mass is 14.5. The molecule has 1 aromatic carbocycles. The molecule has 0 heterocycles. The Balaban J connectivity index is 0.00000172. The van der Waals surface area contributed by atoms with Gasteiger partial charge in [-0.2, -0.15) is 0 Å². The Kier molecular flexibility index (Phi) is 8.38. The molecule has 0 saturated carbocycles. The fraction of sp³-hybridized carbons (Fsp3) is 0.368. The highest BCUT2D eigenvalue weighted by molar-refractivity contribution is 5.68. The van der Waals surface area contributed by atoms with Crippen molar-refractivity contribution in [3.8, 4) is 0 Å². The molecule has 20 heavy (non-hydrogen) atoms. The van der Waals surface area contributed by atoms with Gasteiger partial charge in [0.05, 0.1) is 0 Å². The maximum absolute atomic E-state index is 5.83. The molecule has 0 saturated heterocycles. The van der Waals surface area contributed by atoms with E-state index in [1.807, 2.05) is 32.9 Å². The van der Waals surface area contributed by atoms with Crippen molar-refractivity contribution in [2.75, 3.05) is 5.73 Å². The van der Waals surface area contributed by atoms with Crippen LogP contribution in [0.3, 0.4) is 0 Å². The summed E-state index contributed by atoms with van der Waals surface area (Å²) in [5.41, 5.74) is 12.8. The number of hydrogen-bond acceptors (Lipinski definition) is 1. The van der Waals surface area contributed by atoms with Gasteiger partial charge >= 0.3 is 0 Å². The predicted molar refractivity (Wildman–Crippen MR) is 93.8 cm³/mol. The largest absolute Gasteiger partial charge is 0.399 e. The minimum Gasteiger partial charge on any atom is -0.399 e. The van der Waals surface area contributed by atoms with Gasteiger partial charge in [0.2, 0.25) is 0 Å². The lowest BCUT2D eigenvalue weighted by molar-refractivity contribution is 1.13. The topological polar surface area (TPSA) is 26.0 Å². The smallest absolute Gasteiger partial charge is 0.0320 e. The molecule has 0 radical (unpaired) electrons. The number of nitrogens with two attached hydrogens (primary N) is 1. The Labute approximate surface area is 124 Å². The lowest BCUT2D eigenvalue weighted by Crippen LogP contribution is -1.96. The second kappa shape index (κ2) is 9.19. The maximum Gasteiger partial charge on any atom is 0.0320 e. The summed E-state index contributed by atoms with van der Waals surface area (Å²) in [6.07, 6.45) is 5.26. The average Bonchev–Trinajstić information content (AvgIpc) is 2.40. The van der Waals surface area contributed by atoms with Gasteiger partial charge in [-0.05, 0) is 57.4 Å². The van der Waals surface area contributed by atoms with Crippen LogP contribution < -0.4 is 5.73 Å². The van der Waals surface area contributed by atoms with Crippen molar-refractivity contribution < 1.29 is 0 Å². The van der Waals surface area contributed by atoms with Gasteiger partial charge < -0.3 is 5.73 Å². The first-order chi connectivity index (χ1) is 9.40. The SMILES string of the molecule is C=C(C)c1cc(N)ccc1C/C(C)=C\C=C(C)C.CC. The summed E-state index contributed by atoms with van der Waals surface area (Å²) in [5, 5.41) is 0. The van der Waals surface area contributed by atoms with Gasteiger partial charge in [0.15, 0.2) is 0 Å². The summed E-state index contributed by atoms with van der Waals surface area (Å²) in [4.78, 5) is 0. The van der Waals surface area contributed by atoms with Crippen LogP contribution in [0.5, 0.6) is 0 Å². The van der Waals surface area contributed by atoms with E-state index in [9.17, 15) is 0 Å². The second-order valence-corrected chi connectivity index (χ2v) is 5.13. The van der Waals surface area contributed by atoms with Crippen LogP contribution >= 0.6 is 0 Å². The number of rotatable bonds is 4. The van der Waals surface area contributed by atoms with E-state index in [0.717, 1.165) is 17.7 Å². The average molecular weight is 271 g/mol. The molecule has 1 rings (SSSR count). The molecule has 1 aromatic rings. The Morgan fingerprint density at radius 1 is 1.10 bits per heavy atom.